The maximum Gasteiger partial charge on any atom is 0.137 e. The number of ether oxygens (including phenoxy) is 1. The van der Waals surface area contributed by atoms with Gasteiger partial charge in [0.15, 0.2) is 0 Å². The second-order valence-electron chi connectivity index (χ2n) is 4.03. The Hall–Kier alpha value is -2.01. The molecule has 1 aromatic carbocycles. The Kier molecular flexibility index (Phi) is 4.06. The molecule has 0 amide bonds. The lowest BCUT2D eigenvalue weighted by molar-refractivity contribution is 0.298. The third-order valence-electron chi connectivity index (χ3n) is 2.70. The summed E-state index contributed by atoms with van der Waals surface area (Å²) in [6.45, 7) is 2.18. The summed E-state index contributed by atoms with van der Waals surface area (Å²) in [5.41, 5.74) is 7.44. The number of nitrogens with zero attached hydrogens (tertiary/aromatic N) is 1. The second-order valence-corrected chi connectivity index (χ2v) is 4.47. The Morgan fingerprint density at radius 2 is 2.16 bits per heavy atom. The molecule has 1 heterocycles. The minimum atomic E-state index is -0.484. The number of aryl methyl sites for hydroxylation is 1. The van der Waals surface area contributed by atoms with Crippen molar-refractivity contribution in [2.45, 2.75) is 13.5 Å². The highest BCUT2D eigenvalue weighted by Gasteiger charge is 2.12. The van der Waals surface area contributed by atoms with Crippen molar-refractivity contribution in [2.24, 2.45) is 5.73 Å². The first-order valence-corrected chi connectivity index (χ1v) is 6.12. The predicted molar refractivity (Wildman–Crippen MR) is 75.6 cm³/mol. The second kappa shape index (κ2) is 5.75. The molecule has 0 bridgehead atoms. The number of aromatic nitrogens is 1. The topological polar surface area (TPSA) is 48.1 Å². The molecule has 5 heteroatoms. The molecule has 3 nitrogen and oxygen atoms in total. The van der Waals surface area contributed by atoms with Crippen LogP contribution in [0.1, 0.15) is 16.8 Å². The summed E-state index contributed by atoms with van der Waals surface area (Å²) in [5.74, 6) is -0.153. The average Bonchev–Trinajstić information content (AvgIpc) is 2.37. The van der Waals surface area contributed by atoms with Crippen molar-refractivity contribution >= 4 is 17.2 Å². The van der Waals surface area contributed by atoms with Gasteiger partial charge in [0.25, 0.3) is 0 Å². The molecule has 0 unspecified atom stereocenters. The van der Waals surface area contributed by atoms with Crippen molar-refractivity contribution in [3.63, 3.8) is 0 Å². The third kappa shape index (κ3) is 3.06. The van der Waals surface area contributed by atoms with Crippen molar-refractivity contribution in [3.05, 3.63) is 59.2 Å². The van der Waals surface area contributed by atoms with Gasteiger partial charge < -0.3 is 10.5 Å². The first-order chi connectivity index (χ1) is 9.09. The van der Waals surface area contributed by atoms with Crippen LogP contribution in [0.4, 0.5) is 4.39 Å². The smallest absolute Gasteiger partial charge is 0.137 e. The number of halogens is 1. The van der Waals surface area contributed by atoms with E-state index in [2.05, 4.69) is 4.98 Å². The molecule has 0 spiro atoms. The normalized spacial score (nSPS) is 10.2. The summed E-state index contributed by atoms with van der Waals surface area (Å²) >= 11 is 4.84. The van der Waals surface area contributed by atoms with E-state index in [4.69, 9.17) is 22.7 Å². The molecule has 2 rings (SSSR count). The minimum Gasteiger partial charge on any atom is -0.486 e. The number of pyridine rings is 1. The van der Waals surface area contributed by atoms with Gasteiger partial charge in [-0.25, -0.2) is 4.39 Å². The van der Waals surface area contributed by atoms with Crippen molar-refractivity contribution in [1.82, 2.24) is 4.98 Å². The summed E-state index contributed by atoms with van der Waals surface area (Å²) in [6.07, 6.45) is 1.69. The van der Waals surface area contributed by atoms with Gasteiger partial charge in [0.05, 0.1) is 11.3 Å². The van der Waals surface area contributed by atoms with Crippen LogP contribution in [0, 0.1) is 12.7 Å². The van der Waals surface area contributed by atoms with E-state index < -0.39 is 5.82 Å². The number of hydrogen-bond acceptors (Lipinski definition) is 3. The summed E-state index contributed by atoms with van der Waals surface area (Å²) in [6, 6.07) is 8.27. The van der Waals surface area contributed by atoms with Gasteiger partial charge in [0.1, 0.15) is 23.2 Å². The van der Waals surface area contributed by atoms with E-state index in [1.165, 1.54) is 6.07 Å². The molecule has 98 valence electrons. The van der Waals surface area contributed by atoms with Crippen molar-refractivity contribution in [3.8, 4) is 5.75 Å². The van der Waals surface area contributed by atoms with Crippen molar-refractivity contribution < 1.29 is 9.13 Å². The zero-order valence-electron chi connectivity index (χ0n) is 10.4. The van der Waals surface area contributed by atoms with Crippen LogP contribution < -0.4 is 10.5 Å². The molecular weight excluding hydrogens is 263 g/mol. The van der Waals surface area contributed by atoms with Gasteiger partial charge in [-0.1, -0.05) is 24.4 Å². The molecule has 2 aromatic rings. The number of thiocarbonyl (C=S) groups is 1. The van der Waals surface area contributed by atoms with Crippen LogP contribution in [0.3, 0.4) is 0 Å². The first kappa shape index (κ1) is 13.4. The van der Waals surface area contributed by atoms with E-state index in [0.29, 0.717) is 5.75 Å². The van der Waals surface area contributed by atoms with Crippen molar-refractivity contribution in [2.75, 3.05) is 0 Å². The molecule has 2 N–H and O–H groups in total. The van der Waals surface area contributed by atoms with Gasteiger partial charge in [-0.15, -0.1) is 0 Å². The molecule has 0 aliphatic carbocycles. The van der Waals surface area contributed by atoms with Gasteiger partial charge in [-0.3, -0.25) is 4.98 Å². The zero-order valence-corrected chi connectivity index (χ0v) is 11.2. The number of benzene rings is 1. The number of rotatable bonds is 4. The molecule has 0 saturated carbocycles. The van der Waals surface area contributed by atoms with E-state index in [0.717, 1.165) is 11.3 Å². The van der Waals surface area contributed by atoms with Crippen LogP contribution in [-0.4, -0.2) is 9.97 Å². The number of hydrogen-bond donors (Lipinski definition) is 1. The zero-order chi connectivity index (χ0) is 13.8. The Morgan fingerprint density at radius 3 is 2.84 bits per heavy atom. The fourth-order valence-corrected chi connectivity index (χ4v) is 1.88. The molecule has 0 saturated heterocycles. The summed E-state index contributed by atoms with van der Waals surface area (Å²) in [5, 5.41) is 0. The quantitative estimate of drug-likeness (QED) is 0.872. The van der Waals surface area contributed by atoms with Crippen molar-refractivity contribution in [1.29, 1.82) is 0 Å². The molecule has 0 aliphatic rings. The Labute approximate surface area is 116 Å². The average molecular weight is 276 g/mol. The van der Waals surface area contributed by atoms with E-state index in [-0.39, 0.29) is 17.2 Å². The summed E-state index contributed by atoms with van der Waals surface area (Å²) < 4.78 is 19.2. The highest BCUT2D eigenvalue weighted by atomic mass is 32.1. The summed E-state index contributed by atoms with van der Waals surface area (Å²) in [7, 11) is 0. The van der Waals surface area contributed by atoms with Gasteiger partial charge >= 0.3 is 0 Å². The van der Waals surface area contributed by atoms with E-state index in [9.17, 15) is 4.39 Å². The molecule has 0 atom stereocenters. The standard InChI is InChI=1S/C14H13FN2OS/c1-9-4-3-7-17-11(9)8-18-12-6-2-5-10(15)13(12)14(16)19/h2-7H,8H2,1H3,(H2,16,19). The molecule has 0 radical (unpaired) electrons. The van der Waals surface area contributed by atoms with Crippen LogP contribution in [0.15, 0.2) is 36.5 Å². The van der Waals surface area contributed by atoms with Crippen LogP contribution in [0.2, 0.25) is 0 Å². The van der Waals surface area contributed by atoms with Gasteiger partial charge in [0.2, 0.25) is 0 Å². The fourth-order valence-electron chi connectivity index (χ4n) is 1.68. The van der Waals surface area contributed by atoms with Gasteiger partial charge in [-0.2, -0.15) is 0 Å². The molecule has 19 heavy (non-hydrogen) atoms. The molecular formula is C14H13FN2OS. The predicted octanol–water partition coefficient (Wildman–Crippen LogP) is 2.74. The monoisotopic (exact) mass is 276 g/mol. The maximum absolute atomic E-state index is 13.6. The largest absolute Gasteiger partial charge is 0.486 e. The maximum atomic E-state index is 13.6. The van der Waals surface area contributed by atoms with Crippen LogP contribution in [0.25, 0.3) is 0 Å². The third-order valence-corrected chi connectivity index (χ3v) is 2.91. The lowest BCUT2D eigenvalue weighted by atomic mass is 10.2. The Bertz CT molecular complexity index is 616. The Morgan fingerprint density at radius 1 is 1.37 bits per heavy atom. The molecule has 1 aromatic heterocycles. The summed E-state index contributed by atoms with van der Waals surface area (Å²) in [4.78, 5) is 4.19. The molecule has 0 aliphatic heterocycles. The SMILES string of the molecule is Cc1cccnc1COc1cccc(F)c1C(N)=S. The highest BCUT2D eigenvalue weighted by Crippen LogP contribution is 2.22. The number of nitrogens with two attached hydrogens (primary N) is 1. The van der Waals surface area contributed by atoms with Gasteiger partial charge in [0, 0.05) is 6.20 Å². The van der Waals surface area contributed by atoms with Crippen LogP contribution >= 0.6 is 12.2 Å². The van der Waals surface area contributed by atoms with Crippen LogP contribution in [-0.2, 0) is 6.61 Å². The minimum absolute atomic E-state index is 0.0224. The lowest BCUT2D eigenvalue weighted by Crippen LogP contribution is -2.14. The first-order valence-electron chi connectivity index (χ1n) is 5.71. The Balaban J connectivity index is 2.23. The fraction of sp³-hybridized carbons (Fsp3) is 0.143. The van der Waals surface area contributed by atoms with E-state index >= 15 is 0 Å². The van der Waals surface area contributed by atoms with Gasteiger partial charge in [-0.05, 0) is 30.7 Å². The lowest BCUT2D eigenvalue weighted by Gasteiger charge is -2.11. The van der Waals surface area contributed by atoms with E-state index in [1.54, 1.807) is 18.3 Å². The van der Waals surface area contributed by atoms with E-state index in [1.807, 2.05) is 19.1 Å². The molecule has 0 fully saturated rings. The van der Waals surface area contributed by atoms with Crippen LogP contribution in [0.5, 0.6) is 5.75 Å². The highest BCUT2D eigenvalue weighted by molar-refractivity contribution is 7.80.